The molecule has 1 unspecified atom stereocenters. The van der Waals surface area contributed by atoms with Crippen LogP contribution >= 0.6 is 27.7 Å². The summed E-state index contributed by atoms with van der Waals surface area (Å²) in [4.78, 5) is 4.33. The van der Waals surface area contributed by atoms with Crippen LogP contribution in [-0.2, 0) is 0 Å². The van der Waals surface area contributed by atoms with Crippen LogP contribution < -0.4 is 10.5 Å². The molecule has 0 radical (unpaired) electrons. The fraction of sp³-hybridized carbons (Fsp3) is 0.267. The quantitative estimate of drug-likeness (QED) is 0.797. The van der Waals surface area contributed by atoms with Crippen molar-refractivity contribution in [2.24, 2.45) is 5.73 Å². The molecule has 0 aliphatic carbocycles. The van der Waals surface area contributed by atoms with E-state index >= 15 is 0 Å². The molecule has 2 rings (SSSR count). The fourth-order valence-corrected chi connectivity index (χ4v) is 2.84. The van der Waals surface area contributed by atoms with Crippen LogP contribution in [0.1, 0.15) is 18.5 Å². The summed E-state index contributed by atoms with van der Waals surface area (Å²) in [5, 5.41) is 0.970. The number of rotatable bonds is 6. The minimum absolute atomic E-state index is 0.0757. The van der Waals surface area contributed by atoms with Gasteiger partial charge < -0.3 is 10.5 Å². The van der Waals surface area contributed by atoms with Gasteiger partial charge in [0.2, 0.25) is 0 Å². The van der Waals surface area contributed by atoms with Crippen molar-refractivity contribution in [1.82, 2.24) is 4.98 Å². The van der Waals surface area contributed by atoms with Crippen LogP contribution in [0, 0.1) is 0 Å². The number of nitrogens with two attached hydrogens (primary N) is 1. The molecular weight excluding hydrogens is 336 g/mol. The maximum Gasteiger partial charge on any atom is 0.124 e. The molecule has 2 N–H and O–H groups in total. The van der Waals surface area contributed by atoms with Gasteiger partial charge in [-0.15, -0.1) is 11.8 Å². The first kappa shape index (κ1) is 15.4. The van der Waals surface area contributed by atoms with Crippen LogP contribution in [0.3, 0.4) is 0 Å². The van der Waals surface area contributed by atoms with E-state index in [9.17, 15) is 0 Å². The van der Waals surface area contributed by atoms with Crippen LogP contribution in [0.15, 0.2) is 52.1 Å². The first-order chi connectivity index (χ1) is 9.70. The monoisotopic (exact) mass is 352 g/mol. The van der Waals surface area contributed by atoms with Gasteiger partial charge in [-0.3, -0.25) is 0 Å². The smallest absolute Gasteiger partial charge is 0.124 e. The second kappa shape index (κ2) is 7.67. The summed E-state index contributed by atoms with van der Waals surface area (Å²) in [5.41, 5.74) is 7.31. The molecule has 0 aliphatic rings. The lowest BCUT2D eigenvalue weighted by Crippen LogP contribution is -2.14. The lowest BCUT2D eigenvalue weighted by atomic mass is 10.1. The predicted octanol–water partition coefficient (Wildman–Crippen LogP) is 4.03. The minimum atomic E-state index is -0.0757. The Morgan fingerprint density at radius 3 is 2.80 bits per heavy atom. The number of thioether (sulfide) groups is 1. The Balaban J connectivity index is 2.01. The fourth-order valence-electron chi connectivity index (χ4n) is 1.79. The number of halogens is 1. The summed E-state index contributed by atoms with van der Waals surface area (Å²) >= 11 is 5.02. The van der Waals surface area contributed by atoms with Crippen molar-refractivity contribution in [1.29, 1.82) is 0 Å². The molecule has 1 heterocycles. The minimum Gasteiger partial charge on any atom is -0.494 e. The Bertz CT molecular complexity index is 548. The van der Waals surface area contributed by atoms with Gasteiger partial charge in [0.15, 0.2) is 0 Å². The zero-order valence-electron chi connectivity index (χ0n) is 11.3. The van der Waals surface area contributed by atoms with Gasteiger partial charge >= 0.3 is 0 Å². The van der Waals surface area contributed by atoms with Gasteiger partial charge in [0.25, 0.3) is 0 Å². The molecule has 3 nitrogen and oxygen atoms in total. The highest BCUT2D eigenvalue weighted by Gasteiger charge is 2.12. The van der Waals surface area contributed by atoms with E-state index in [0.717, 1.165) is 26.6 Å². The van der Waals surface area contributed by atoms with Gasteiger partial charge in [0.05, 0.1) is 11.6 Å². The molecule has 5 heteroatoms. The van der Waals surface area contributed by atoms with Crippen molar-refractivity contribution in [3.05, 3.63) is 52.6 Å². The van der Waals surface area contributed by atoms with E-state index in [4.69, 9.17) is 10.5 Å². The Hall–Kier alpha value is -1.04. The SMILES string of the molecule is CCOc1ccccc1C(N)CSc1ccc(Br)cn1. The Morgan fingerprint density at radius 1 is 1.30 bits per heavy atom. The van der Waals surface area contributed by atoms with E-state index in [1.165, 1.54) is 0 Å². The maximum absolute atomic E-state index is 6.27. The summed E-state index contributed by atoms with van der Waals surface area (Å²) in [7, 11) is 0. The molecule has 0 saturated heterocycles. The maximum atomic E-state index is 6.27. The standard InChI is InChI=1S/C15H17BrN2OS/c1-2-19-14-6-4-3-5-12(14)13(17)10-20-15-8-7-11(16)9-18-15/h3-9,13H,2,10,17H2,1H3. The molecule has 0 spiro atoms. The topological polar surface area (TPSA) is 48.1 Å². The van der Waals surface area contributed by atoms with Gasteiger partial charge in [-0.05, 0) is 41.1 Å². The van der Waals surface area contributed by atoms with Crippen molar-refractivity contribution >= 4 is 27.7 Å². The number of aromatic nitrogens is 1. The summed E-state index contributed by atoms with van der Waals surface area (Å²) in [6.45, 7) is 2.62. The van der Waals surface area contributed by atoms with E-state index < -0.39 is 0 Å². The van der Waals surface area contributed by atoms with Crippen LogP contribution in [0.25, 0.3) is 0 Å². The van der Waals surface area contributed by atoms with Gasteiger partial charge in [-0.2, -0.15) is 0 Å². The normalized spacial score (nSPS) is 12.2. The van der Waals surface area contributed by atoms with Crippen molar-refractivity contribution in [3.8, 4) is 5.75 Å². The molecule has 0 saturated carbocycles. The summed E-state index contributed by atoms with van der Waals surface area (Å²) in [6.07, 6.45) is 1.79. The molecule has 1 aromatic heterocycles. The average molecular weight is 353 g/mol. The molecule has 20 heavy (non-hydrogen) atoms. The number of pyridine rings is 1. The third kappa shape index (κ3) is 4.23. The molecule has 0 amide bonds. The second-order valence-electron chi connectivity index (χ2n) is 4.20. The predicted molar refractivity (Wildman–Crippen MR) is 87.2 cm³/mol. The molecule has 106 valence electrons. The summed E-state index contributed by atoms with van der Waals surface area (Å²) < 4.78 is 6.59. The van der Waals surface area contributed by atoms with Crippen molar-refractivity contribution < 1.29 is 4.74 Å². The summed E-state index contributed by atoms with van der Waals surface area (Å²) in [5.74, 6) is 1.63. The third-order valence-corrected chi connectivity index (χ3v) is 4.26. The highest BCUT2D eigenvalue weighted by molar-refractivity contribution is 9.10. The first-order valence-electron chi connectivity index (χ1n) is 6.42. The zero-order chi connectivity index (χ0) is 14.4. The Kier molecular flexibility index (Phi) is 5.88. The number of nitrogens with zero attached hydrogens (tertiary/aromatic N) is 1. The number of ether oxygens (including phenoxy) is 1. The zero-order valence-corrected chi connectivity index (χ0v) is 13.7. The number of para-hydroxylation sites is 1. The number of hydrogen-bond donors (Lipinski definition) is 1. The highest BCUT2D eigenvalue weighted by atomic mass is 79.9. The van der Waals surface area contributed by atoms with Crippen LogP contribution in [0.4, 0.5) is 0 Å². The molecule has 0 bridgehead atoms. The van der Waals surface area contributed by atoms with Crippen LogP contribution in [0.5, 0.6) is 5.75 Å². The lowest BCUT2D eigenvalue weighted by Gasteiger charge is -2.16. The van der Waals surface area contributed by atoms with Crippen molar-refractivity contribution in [3.63, 3.8) is 0 Å². The second-order valence-corrected chi connectivity index (χ2v) is 6.16. The highest BCUT2D eigenvalue weighted by Crippen LogP contribution is 2.28. The Labute approximate surface area is 132 Å². The molecular formula is C15H17BrN2OS. The molecule has 0 fully saturated rings. The largest absolute Gasteiger partial charge is 0.494 e. The summed E-state index contributed by atoms with van der Waals surface area (Å²) in [6, 6.07) is 11.8. The van der Waals surface area contributed by atoms with Crippen molar-refractivity contribution in [2.45, 2.75) is 18.0 Å². The van der Waals surface area contributed by atoms with E-state index in [1.54, 1.807) is 18.0 Å². The van der Waals surface area contributed by atoms with E-state index in [0.29, 0.717) is 6.61 Å². The molecule has 1 atom stereocenters. The van der Waals surface area contributed by atoms with Gasteiger partial charge in [-0.25, -0.2) is 4.98 Å². The van der Waals surface area contributed by atoms with Crippen LogP contribution in [0.2, 0.25) is 0 Å². The van der Waals surface area contributed by atoms with E-state index in [1.807, 2.05) is 43.3 Å². The van der Waals surface area contributed by atoms with Gasteiger partial charge in [0, 0.05) is 28.0 Å². The van der Waals surface area contributed by atoms with E-state index in [2.05, 4.69) is 20.9 Å². The lowest BCUT2D eigenvalue weighted by molar-refractivity contribution is 0.335. The first-order valence-corrected chi connectivity index (χ1v) is 8.20. The average Bonchev–Trinajstić information content (AvgIpc) is 2.47. The van der Waals surface area contributed by atoms with Crippen LogP contribution in [-0.4, -0.2) is 17.3 Å². The number of benzene rings is 1. The van der Waals surface area contributed by atoms with Gasteiger partial charge in [0.1, 0.15) is 5.75 Å². The molecule has 0 aliphatic heterocycles. The number of hydrogen-bond acceptors (Lipinski definition) is 4. The molecule has 1 aromatic carbocycles. The van der Waals surface area contributed by atoms with Crippen molar-refractivity contribution in [2.75, 3.05) is 12.4 Å². The van der Waals surface area contributed by atoms with Gasteiger partial charge in [-0.1, -0.05) is 18.2 Å². The molecule has 2 aromatic rings. The van der Waals surface area contributed by atoms with E-state index in [-0.39, 0.29) is 6.04 Å². The Morgan fingerprint density at radius 2 is 2.10 bits per heavy atom. The third-order valence-electron chi connectivity index (χ3n) is 2.73.